The molecule has 8 heteroatoms. The van der Waals surface area contributed by atoms with Crippen LogP contribution in [0.25, 0.3) is 10.8 Å². The molecule has 34 heavy (non-hydrogen) atoms. The lowest BCUT2D eigenvalue weighted by Crippen LogP contribution is -2.41. The summed E-state index contributed by atoms with van der Waals surface area (Å²) in [4.78, 5) is 30.8. The third kappa shape index (κ3) is 5.78. The molecule has 5 N–H and O–H groups in total. The fraction of sp³-hybridized carbons (Fsp3) is 0.192. The number of amides is 2. The Labute approximate surface area is 201 Å². The van der Waals surface area contributed by atoms with Gasteiger partial charge >= 0.3 is 0 Å². The van der Waals surface area contributed by atoms with Crippen molar-refractivity contribution < 1.29 is 14.7 Å². The molecule has 0 aliphatic rings. The maximum absolute atomic E-state index is 13.3. The number of benzene rings is 3. The van der Waals surface area contributed by atoms with Crippen LogP contribution in [0, 0.1) is 0 Å². The molecule has 0 saturated heterocycles. The Morgan fingerprint density at radius 1 is 0.941 bits per heavy atom. The molecule has 174 valence electrons. The highest BCUT2D eigenvalue weighted by Crippen LogP contribution is 2.26. The molecule has 0 saturated carbocycles. The van der Waals surface area contributed by atoms with Crippen LogP contribution in [0.2, 0.25) is 0 Å². The van der Waals surface area contributed by atoms with Crippen LogP contribution in [0.3, 0.4) is 0 Å². The van der Waals surface area contributed by atoms with Crippen molar-refractivity contribution in [3.8, 4) is 0 Å². The van der Waals surface area contributed by atoms with Crippen molar-refractivity contribution >= 4 is 39.1 Å². The Morgan fingerprint density at radius 2 is 1.68 bits per heavy atom. The fourth-order valence-electron chi connectivity index (χ4n) is 3.85. The molecule has 4 aromatic rings. The number of carbonyl (C=O) groups is 2. The van der Waals surface area contributed by atoms with E-state index in [1.165, 1.54) is 11.3 Å². The Kier molecular flexibility index (Phi) is 7.51. The smallest absolute Gasteiger partial charge is 0.249 e. The Hall–Kier alpha value is -3.75. The highest BCUT2D eigenvalue weighted by atomic mass is 32.1. The molecule has 0 bridgehead atoms. The van der Waals surface area contributed by atoms with E-state index in [9.17, 15) is 14.7 Å². The van der Waals surface area contributed by atoms with Gasteiger partial charge in [-0.2, -0.15) is 0 Å². The summed E-state index contributed by atoms with van der Waals surface area (Å²) >= 11 is 1.31. The molecule has 7 nitrogen and oxygen atoms in total. The van der Waals surface area contributed by atoms with E-state index in [0.29, 0.717) is 11.7 Å². The number of thiazole rings is 1. The lowest BCUT2D eigenvalue weighted by molar-refractivity contribution is -0.129. The van der Waals surface area contributed by atoms with Crippen LogP contribution in [0.1, 0.15) is 21.9 Å². The van der Waals surface area contributed by atoms with Crippen molar-refractivity contribution in [3.05, 3.63) is 95.0 Å². The van der Waals surface area contributed by atoms with Crippen LogP contribution in [-0.4, -0.2) is 34.6 Å². The van der Waals surface area contributed by atoms with Gasteiger partial charge in [-0.15, -0.1) is 11.3 Å². The lowest BCUT2D eigenvalue weighted by atomic mass is 9.92. The van der Waals surface area contributed by atoms with E-state index in [0.717, 1.165) is 26.8 Å². The van der Waals surface area contributed by atoms with Gasteiger partial charge < -0.3 is 21.5 Å². The fourth-order valence-corrected chi connectivity index (χ4v) is 4.47. The first-order chi connectivity index (χ1) is 16.5. The SMILES string of the molecule is Nc1ncc(CNC(=O)C(CNC(=O)[C@H](O)Cc2ccccc2)c2cccc3ccccc23)s1. The normalized spacial score (nSPS) is 12.7. The van der Waals surface area contributed by atoms with E-state index in [4.69, 9.17) is 5.73 Å². The second-order valence-corrected chi connectivity index (χ2v) is 9.10. The summed E-state index contributed by atoms with van der Waals surface area (Å²) in [6, 6.07) is 22.9. The highest BCUT2D eigenvalue weighted by Gasteiger charge is 2.25. The Balaban J connectivity index is 1.51. The summed E-state index contributed by atoms with van der Waals surface area (Å²) in [6.45, 7) is 0.342. The number of anilines is 1. The van der Waals surface area contributed by atoms with E-state index in [1.54, 1.807) is 6.20 Å². The van der Waals surface area contributed by atoms with Gasteiger partial charge in [-0.3, -0.25) is 9.59 Å². The molecule has 3 aromatic carbocycles. The predicted molar refractivity (Wildman–Crippen MR) is 134 cm³/mol. The summed E-state index contributed by atoms with van der Waals surface area (Å²) < 4.78 is 0. The van der Waals surface area contributed by atoms with Gasteiger partial charge in [0.15, 0.2) is 5.13 Å². The minimum Gasteiger partial charge on any atom is -0.383 e. The zero-order valence-corrected chi connectivity index (χ0v) is 19.3. The molecule has 0 fully saturated rings. The largest absolute Gasteiger partial charge is 0.383 e. The number of fused-ring (bicyclic) bond motifs is 1. The highest BCUT2D eigenvalue weighted by molar-refractivity contribution is 7.15. The second-order valence-electron chi connectivity index (χ2n) is 7.95. The minimum atomic E-state index is -1.21. The van der Waals surface area contributed by atoms with Gasteiger partial charge in [0.1, 0.15) is 6.10 Å². The predicted octanol–water partition coefficient (Wildman–Crippen LogP) is 3.00. The maximum atomic E-state index is 13.3. The number of nitrogens with one attached hydrogen (secondary N) is 2. The van der Waals surface area contributed by atoms with Crippen LogP contribution in [0.15, 0.2) is 79.0 Å². The van der Waals surface area contributed by atoms with Gasteiger partial charge in [0.25, 0.3) is 0 Å². The van der Waals surface area contributed by atoms with Gasteiger partial charge in [0.2, 0.25) is 11.8 Å². The number of nitrogens with two attached hydrogens (primary N) is 1. The van der Waals surface area contributed by atoms with Crippen molar-refractivity contribution in [1.82, 2.24) is 15.6 Å². The van der Waals surface area contributed by atoms with E-state index < -0.39 is 17.9 Å². The summed E-state index contributed by atoms with van der Waals surface area (Å²) in [5.41, 5.74) is 7.35. The lowest BCUT2D eigenvalue weighted by Gasteiger charge is -2.20. The average Bonchev–Trinajstić information content (AvgIpc) is 3.28. The number of aliphatic hydroxyl groups is 1. The molecular weight excluding hydrogens is 448 g/mol. The molecule has 2 amide bonds. The van der Waals surface area contributed by atoms with E-state index in [2.05, 4.69) is 15.6 Å². The molecule has 1 heterocycles. The van der Waals surface area contributed by atoms with Gasteiger partial charge in [0.05, 0.1) is 12.5 Å². The number of rotatable bonds is 9. The molecule has 0 aliphatic carbocycles. The zero-order chi connectivity index (χ0) is 23.9. The maximum Gasteiger partial charge on any atom is 0.249 e. The number of carbonyl (C=O) groups excluding carboxylic acids is 2. The van der Waals surface area contributed by atoms with Gasteiger partial charge in [-0.1, -0.05) is 72.8 Å². The first-order valence-corrected chi connectivity index (χ1v) is 11.8. The van der Waals surface area contributed by atoms with Crippen molar-refractivity contribution in [3.63, 3.8) is 0 Å². The average molecular weight is 475 g/mol. The van der Waals surface area contributed by atoms with Crippen molar-refractivity contribution in [2.45, 2.75) is 25.0 Å². The molecule has 1 unspecified atom stereocenters. The molecule has 1 aromatic heterocycles. The molecule has 2 atom stereocenters. The number of aliphatic hydroxyl groups excluding tert-OH is 1. The third-order valence-corrected chi connectivity index (χ3v) is 6.40. The van der Waals surface area contributed by atoms with Gasteiger partial charge in [-0.05, 0) is 21.9 Å². The van der Waals surface area contributed by atoms with E-state index in [-0.39, 0.29) is 18.9 Å². The Morgan fingerprint density at radius 3 is 2.44 bits per heavy atom. The third-order valence-electron chi connectivity index (χ3n) is 5.58. The van der Waals surface area contributed by atoms with Crippen molar-refractivity contribution in [2.75, 3.05) is 12.3 Å². The van der Waals surface area contributed by atoms with Crippen LogP contribution in [0.4, 0.5) is 5.13 Å². The second kappa shape index (κ2) is 10.9. The van der Waals surface area contributed by atoms with E-state index in [1.807, 2.05) is 72.8 Å². The molecule has 4 rings (SSSR count). The number of hydrogen-bond acceptors (Lipinski definition) is 6. The van der Waals surface area contributed by atoms with Gasteiger partial charge in [-0.25, -0.2) is 4.98 Å². The summed E-state index contributed by atoms with van der Waals surface area (Å²) in [6.07, 6.45) is 0.623. The molecule has 0 spiro atoms. The van der Waals surface area contributed by atoms with Gasteiger partial charge in [0, 0.05) is 24.0 Å². The minimum absolute atomic E-state index is 0.0509. The molecule has 0 radical (unpaired) electrons. The standard InChI is InChI=1S/C26H26N4O3S/c27-26-30-15-19(34-26)14-28-24(32)22(21-12-6-10-18-9-4-5-11-20(18)21)16-29-25(33)23(31)13-17-7-2-1-3-8-17/h1-12,15,22-23,31H,13-14,16H2,(H2,27,30)(H,28,32)(H,29,33)/t22?,23-/m1/s1. The monoisotopic (exact) mass is 474 g/mol. The Bertz CT molecular complexity index is 1270. The van der Waals surface area contributed by atoms with Crippen LogP contribution < -0.4 is 16.4 Å². The molecular formula is C26H26N4O3S. The summed E-state index contributed by atoms with van der Waals surface area (Å²) in [5.74, 6) is -1.40. The number of aromatic nitrogens is 1. The van der Waals surface area contributed by atoms with Crippen LogP contribution >= 0.6 is 11.3 Å². The molecule has 0 aliphatic heterocycles. The summed E-state index contributed by atoms with van der Waals surface area (Å²) in [7, 11) is 0. The summed E-state index contributed by atoms with van der Waals surface area (Å²) in [5, 5.41) is 18.5. The zero-order valence-electron chi connectivity index (χ0n) is 18.5. The van der Waals surface area contributed by atoms with Crippen molar-refractivity contribution in [1.29, 1.82) is 0 Å². The first-order valence-electron chi connectivity index (χ1n) is 11.0. The first kappa shape index (κ1) is 23.4. The number of nitrogens with zero attached hydrogens (tertiary/aromatic N) is 1. The van der Waals surface area contributed by atoms with Crippen LogP contribution in [0.5, 0.6) is 0 Å². The number of hydrogen-bond donors (Lipinski definition) is 4. The topological polar surface area (TPSA) is 117 Å². The van der Waals surface area contributed by atoms with Crippen LogP contribution in [-0.2, 0) is 22.6 Å². The number of nitrogen functional groups attached to an aromatic ring is 1. The van der Waals surface area contributed by atoms with E-state index >= 15 is 0 Å². The van der Waals surface area contributed by atoms with Crippen molar-refractivity contribution in [2.24, 2.45) is 0 Å². The quantitative estimate of drug-likeness (QED) is 0.298.